The smallest absolute Gasteiger partial charge is 0.227 e. The molecule has 1 atom stereocenters. The number of Topliss-reactive ketones (excluding diaryl/α,β-unsaturated/α-hetero) is 1. The minimum absolute atomic E-state index is 0.141. The molecule has 0 radical (unpaired) electrons. The van der Waals surface area contributed by atoms with Crippen molar-refractivity contribution in [3.63, 3.8) is 0 Å². The van der Waals surface area contributed by atoms with Gasteiger partial charge in [-0.3, -0.25) is 4.79 Å². The third kappa shape index (κ3) is 4.39. The summed E-state index contributed by atoms with van der Waals surface area (Å²) in [5, 5.41) is 8.59. The van der Waals surface area contributed by atoms with E-state index >= 15 is 0 Å². The molecule has 0 fully saturated rings. The van der Waals surface area contributed by atoms with Crippen molar-refractivity contribution in [3.05, 3.63) is 76.7 Å². The molecule has 1 unspecified atom stereocenters. The van der Waals surface area contributed by atoms with Gasteiger partial charge in [0.25, 0.3) is 0 Å². The lowest BCUT2D eigenvalue weighted by atomic mass is 9.85. The number of nitrogens with one attached hydrogen (secondary N) is 1. The number of carbonyl (C=O) groups is 1. The van der Waals surface area contributed by atoms with Crippen LogP contribution < -0.4 is 10.1 Å². The minimum Gasteiger partial charge on any atom is -0.494 e. The minimum atomic E-state index is -0.348. The molecule has 170 valence electrons. The first-order valence-corrected chi connectivity index (χ1v) is 12.2. The van der Waals surface area contributed by atoms with Gasteiger partial charge in [-0.1, -0.05) is 49.0 Å². The molecule has 2 aromatic carbocycles. The van der Waals surface area contributed by atoms with Gasteiger partial charge in [0, 0.05) is 23.4 Å². The Hall–Kier alpha value is -3.13. The lowest BCUT2D eigenvalue weighted by Gasteiger charge is -2.32. The summed E-state index contributed by atoms with van der Waals surface area (Å²) >= 11 is 1.38. The maximum Gasteiger partial charge on any atom is 0.227 e. The maximum atomic E-state index is 14.0. The SMILES string of the molecule is CCCOc1ccc(C2C3=C(CCCC3=O)Nc3nc(SCc4ccccc4F)nn32)cc1. The highest BCUT2D eigenvalue weighted by Crippen LogP contribution is 2.41. The molecule has 2 heterocycles. The van der Waals surface area contributed by atoms with E-state index in [0.717, 1.165) is 41.8 Å². The van der Waals surface area contributed by atoms with Crippen molar-refractivity contribution in [1.82, 2.24) is 14.8 Å². The Morgan fingerprint density at radius 2 is 2.00 bits per heavy atom. The largest absolute Gasteiger partial charge is 0.494 e. The van der Waals surface area contributed by atoms with Crippen LogP contribution in [0.25, 0.3) is 0 Å². The van der Waals surface area contributed by atoms with Gasteiger partial charge >= 0.3 is 0 Å². The number of ether oxygens (including phenoxy) is 1. The number of nitrogens with zero attached hydrogens (tertiary/aromatic N) is 3. The number of fused-ring (bicyclic) bond motifs is 1. The molecule has 1 N–H and O–H groups in total. The standard InChI is InChI=1S/C25H25FN4O2S/c1-2-14-32-18-12-10-16(11-13-18)23-22-20(8-5-9-21(22)31)27-24-28-25(29-30(23)24)33-15-17-6-3-4-7-19(17)26/h3-4,6-7,10-13,23H,2,5,8-9,14-15H2,1H3,(H,27,28,29). The summed E-state index contributed by atoms with van der Waals surface area (Å²) in [5.41, 5.74) is 3.24. The predicted octanol–water partition coefficient (Wildman–Crippen LogP) is 5.52. The Labute approximate surface area is 196 Å². The second-order valence-electron chi connectivity index (χ2n) is 8.16. The highest BCUT2D eigenvalue weighted by atomic mass is 32.2. The first-order chi connectivity index (χ1) is 16.1. The number of thioether (sulfide) groups is 1. The molecular formula is C25H25FN4O2S. The lowest BCUT2D eigenvalue weighted by molar-refractivity contribution is -0.116. The summed E-state index contributed by atoms with van der Waals surface area (Å²) in [6.45, 7) is 2.73. The van der Waals surface area contributed by atoms with Crippen molar-refractivity contribution in [3.8, 4) is 5.75 Å². The topological polar surface area (TPSA) is 69.0 Å². The van der Waals surface area contributed by atoms with E-state index in [1.807, 2.05) is 30.3 Å². The highest BCUT2D eigenvalue weighted by Gasteiger charge is 2.36. The first kappa shape index (κ1) is 21.7. The predicted molar refractivity (Wildman–Crippen MR) is 126 cm³/mol. The first-order valence-electron chi connectivity index (χ1n) is 11.2. The summed E-state index contributed by atoms with van der Waals surface area (Å²) in [5.74, 6) is 1.74. The van der Waals surface area contributed by atoms with Crippen LogP contribution in [0, 0.1) is 5.82 Å². The van der Waals surface area contributed by atoms with E-state index in [-0.39, 0.29) is 17.6 Å². The Kier molecular flexibility index (Phi) is 6.17. The number of hydrogen-bond donors (Lipinski definition) is 1. The summed E-state index contributed by atoms with van der Waals surface area (Å²) in [4.78, 5) is 17.6. The van der Waals surface area contributed by atoms with Gasteiger partial charge < -0.3 is 10.1 Å². The number of allylic oxidation sites excluding steroid dienone is 2. The molecule has 33 heavy (non-hydrogen) atoms. The molecule has 8 heteroatoms. The third-order valence-corrected chi connectivity index (χ3v) is 6.72. The van der Waals surface area contributed by atoms with Crippen molar-refractivity contribution in [2.24, 2.45) is 0 Å². The Morgan fingerprint density at radius 3 is 2.79 bits per heavy atom. The highest BCUT2D eigenvalue weighted by molar-refractivity contribution is 7.98. The van der Waals surface area contributed by atoms with Crippen molar-refractivity contribution in [2.75, 3.05) is 11.9 Å². The van der Waals surface area contributed by atoms with Crippen LogP contribution in [0.4, 0.5) is 10.3 Å². The van der Waals surface area contributed by atoms with Crippen molar-refractivity contribution < 1.29 is 13.9 Å². The fraction of sp³-hybridized carbons (Fsp3) is 0.320. The van der Waals surface area contributed by atoms with Gasteiger partial charge in [-0.2, -0.15) is 4.98 Å². The van der Waals surface area contributed by atoms with Crippen LogP contribution in [-0.4, -0.2) is 27.2 Å². The monoisotopic (exact) mass is 464 g/mol. The van der Waals surface area contributed by atoms with E-state index < -0.39 is 0 Å². The fourth-order valence-electron chi connectivity index (χ4n) is 4.23. The number of aromatic nitrogens is 3. The second kappa shape index (κ2) is 9.39. The third-order valence-electron chi connectivity index (χ3n) is 5.83. The average molecular weight is 465 g/mol. The summed E-state index contributed by atoms with van der Waals surface area (Å²) in [7, 11) is 0. The van der Waals surface area contributed by atoms with Crippen LogP contribution in [0.1, 0.15) is 49.8 Å². The average Bonchev–Trinajstić information content (AvgIpc) is 3.24. The van der Waals surface area contributed by atoms with Crippen LogP contribution in [0.3, 0.4) is 0 Å². The number of rotatable bonds is 7. The normalized spacial score (nSPS) is 17.4. The van der Waals surface area contributed by atoms with Crippen molar-refractivity contribution >= 4 is 23.5 Å². The number of carbonyl (C=O) groups excluding carboxylic acids is 1. The van der Waals surface area contributed by atoms with Crippen LogP contribution in [0.2, 0.25) is 0 Å². The van der Waals surface area contributed by atoms with E-state index in [1.165, 1.54) is 17.8 Å². The molecule has 1 aromatic heterocycles. The second-order valence-corrected chi connectivity index (χ2v) is 9.10. The molecule has 0 saturated heterocycles. The van der Waals surface area contributed by atoms with Crippen LogP contribution in [0.5, 0.6) is 5.75 Å². The summed E-state index contributed by atoms with van der Waals surface area (Å²) in [6.07, 6.45) is 3.11. The molecule has 6 nitrogen and oxygen atoms in total. The molecule has 0 bridgehead atoms. The zero-order valence-electron chi connectivity index (χ0n) is 18.4. The van der Waals surface area contributed by atoms with Gasteiger partial charge in [-0.15, -0.1) is 5.10 Å². The summed E-state index contributed by atoms with van der Waals surface area (Å²) in [6, 6.07) is 14.2. The van der Waals surface area contributed by atoms with Crippen molar-refractivity contribution in [2.45, 2.75) is 49.6 Å². The summed E-state index contributed by atoms with van der Waals surface area (Å²) < 4.78 is 21.5. The van der Waals surface area contributed by atoms with Gasteiger partial charge in [0.1, 0.15) is 17.6 Å². The molecule has 0 amide bonds. The van der Waals surface area contributed by atoms with E-state index in [0.29, 0.717) is 35.4 Å². The molecule has 3 aromatic rings. The Balaban J connectivity index is 1.47. The van der Waals surface area contributed by atoms with Gasteiger partial charge in [0.15, 0.2) is 5.78 Å². The van der Waals surface area contributed by atoms with Gasteiger partial charge in [-0.25, -0.2) is 9.07 Å². The van der Waals surface area contributed by atoms with Crippen molar-refractivity contribution in [1.29, 1.82) is 0 Å². The number of anilines is 1. The molecule has 0 saturated carbocycles. The Morgan fingerprint density at radius 1 is 1.18 bits per heavy atom. The molecule has 1 aliphatic heterocycles. The van der Waals surface area contributed by atoms with Crippen LogP contribution >= 0.6 is 11.8 Å². The zero-order valence-corrected chi connectivity index (χ0v) is 19.2. The number of hydrogen-bond acceptors (Lipinski definition) is 6. The van der Waals surface area contributed by atoms with Gasteiger partial charge in [0.05, 0.1) is 6.61 Å². The van der Waals surface area contributed by atoms with E-state index in [9.17, 15) is 9.18 Å². The number of benzene rings is 2. The molecular weight excluding hydrogens is 439 g/mol. The zero-order chi connectivity index (χ0) is 22.8. The molecule has 0 spiro atoms. The number of halogens is 1. The van der Waals surface area contributed by atoms with E-state index in [1.54, 1.807) is 16.8 Å². The molecule has 5 rings (SSSR count). The van der Waals surface area contributed by atoms with Crippen LogP contribution in [-0.2, 0) is 10.5 Å². The Bertz CT molecular complexity index is 1210. The maximum absolute atomic E-state index is 14.0. The van der Waals surface area contributed by atoms with Crippen LogP contribution in [0.15, 0.2) is 65.0 Å². The quantitative estimate of drug-likeness (QED) is 0.464. The molecule has 1 aliphatic carbocycles. The van der Waals surface area contributed by atoms with E-state index in [2.05, 4.69) is 17.2 Å². The number of ketones is 1. The lowest BCUT2D eigenvalue weighted by Crippen LogP contribution is -2.31. The molecule has 2 aliphatic rings. The van der Waals surface area contributed by atoms with E-state index in [4.69, 9.17) is 9.84 Å². The van der Waals surface area contributed by atoms with Gasteiger partial charge in [-0.05, 0) is 48.6 Å². The van der Waals surface area contributed by atoms with Gasteiger partial charge in [0.2, 0.25) is 11.1 Å². The fourth-order valence-corrected chi connectivity index (χ4v) is 5.05.